The van der Waals surface area contributed by atoms with Crippen molar-refractivity contribution < 1.29 is 4.74 Å². The summed E-state index contributed by atoms with van der Waals surface area (Å²) in [6, 6.07) is 3.45. The summed E-state index contributed by atoms with van der Waals surface area (Å²) in [5.41, 5.74) is 2.40. The van der Waals surface area contributed by atoms with Crippen LogP contribution < -0.4 is 16.0 Å². The molecule has 1 rings (SSSR count). The predicted molar refractivity (Wildman–Crippen MR) is 58.5 cm³/mol. The third-order valence-corrected chi connectivity index (χ3v) is 1.79. The molecule has 84 valence electrons. The van der Waals surface area contributed by atoms with E-state index in [0.29, 0.717) is 18.3 Å². The van der Waals surface area contributed by atoms with Gasteiger partial charge in [-0.25, -0.2) is 5.84 Å². The summed E-state index contributed by atoms with van der Waals surface area (Å²) in [5.74, 6) is 6.20. The van der Waals surface area contributed by atoms with Crippen LogP contribution in [0.1, 0.15) is 6.42 Å². The maximum Gasteiger partial charge on any atom is 0.233 e. The maximum atomic E-state index is 5.39. The van der Waals surface area contributed by atoms with Crippen LogP contribution in [0.5, 0.6) is 5.88 Å². The monoisotopic (exact) mass is 211 g/mol. The number of ether oxygens (including phenoxy) is 1. The van der Waals surface area contributed by atoms with Gasteiger partial charge in [0.05, 0.1) is 6.61 Å². The first-order valence-electron chi connectivity index (χ1n) is 4.80. The SMILES string of the molecule is CN(C)CCCOc1ccc(NN)nn1. The number of nitrogen functional groups attached to an aromatic ring is 1. The zero-order valence-electron chi connectivity index (χ0n) is 9.10. The Labute approximate surface area is 89.4 Å². The summed E-state index contributed by atoms with van der Waals surface area (Å²) in [4.78, 5) is 2.11. The highest BCUT2D eigenvalue weighted by atomic mass is 16.5. The van der Waals surface area contributed by atoms with E-state index >= 15 is 0 Å². The van der Waals surface area contributed by atoms with Gasteiger partial charge >= 0.3 is 0 Å². The number of nitrogens with one attached hydrogen (secondary N) is 1. The van der Waals surface area contributed by atoms with Crippen LogP contribution in [0.4, 0.5) is 5.82 Å². The number of aromatic nitrogens is 2. The molecular formula is C9H17N5O. The molecule has 0 saturated carbocycles. The van der Waals surface area contributed by atoms with Crippen molar-refractivity contribution in [3.63, 3.8) is 0 Å². The van der Waals surface area contributed by atoms with Crippen molar-refractivity contribution in [2.75, 3.05) is 32.7 Å². The lowest BCUT2D eigenvalue weighted by Crippen LogP contribution is -2.16. The van der Waals surface area contributed by atoms with E-state index in [1.165, 1.54) is 0 Å². The molecule has 0 unspecified atom stereocenters. The minimum atomic E-state index is 0.521. The van der Waals surface area contributed by atoms with Gasteiger partial charge in [0.2, 0.25) is 5.88 Å². The molecule has 0 fully saturated rings. The van der Waals surface area contributed by atoms with Gasteiger partial charge in [0.25, 0.3) is 0 Å². The Morgan fingerprint density at radius 2 is 2.20 bits per heavy atom. The van der Waals surface area contributed by atoms with Crippen LogP contribution in [0.3, 0.4) is 0 Å². The molecule has 1 heterocycles. The summed E-state index contributed by atoms with van der Waals surface area (Å²) < 4.78 is 5.39. The van der Waals surface area contributed by atoms with Crippen LogP contribution in [-0.2, 0) is 0 Å². The molecule has 0 aliphatic heterocycles. The lowest BCUT2D eigenvalue weighted by Gasteiger charge is -2.09. The van der Waals surface area contributed by atoms with Crippen molar-refractivity contribution >= 4 is 5.82 Å². The molecule has 6 nitrogen and oxygen atoms in total. The molecule has 0 spiro atoms. The van der Waals surface area contributed by atoms with Gasteiger partial charge in [0, 0.05) is 12.6 Å². The fourth-order valence-electron chi connectivity index (χ4n) is 1.03. The normalized spacial score (nSPS) is 10.4. The van der Waals surface area contributed by atoms with Gasteiger partial charge in [-0.15, -0.1) is 10.2 Å². The summed E-state index contributed by atoms with van der Waals surface area (Å²) in [6.07, 6.45) is 0.964. The first kappa shape index (κ1) is 11.7. The molecule has 0 aromatic carbocycles. The zero-order chi connectivity index (χ0) is 11.1. The quantitative estimate of drug-likeness (QED) is 0.394. The Morgan fingerprint density at radius 3 is 2.73 bits per heavy atom. The second-order valence-corrected chi connectivity index (χ2v) is 3.41. The highest BCUT2D eigenvalue weighted by Gasteiger charge is 1.97. The molecule has 0 aliphatic rings. The van der Waals surface area contributed by atoms with E-state index in [4.69, 9.17) is 10.6 Å². The Balaban J connectivity index is 2.25. The molecule has 1 aromatic rings. The number of anilines is 1. The Morgan fingerprint density at radius 1 is 1.40 bits per heavy atom. The van der Waals surface area contributed by atoms with Crippen LogP contribution in [-0.4, -0.2) is 42.3 Å². The van der Waals surface area contributed by atoms with E-state index in [1.807, 2.05) is 14.1 Å². The number of hydrogen-bond acceptors (Lipinski definition) is 6. The Bertz CT molecular complexity index is 274. The molecule has 0 bridgehead atoms. The van der Waals surface area contributed by atoms with Crippen LogP contribution in [0.25, 0.3) is 0 Å². The number of rotatable bonds is 6. The van der Waals surface area contributed by atoms with Gasteiger partial charge in [0.15, 0.2) is 5.82 Å². The van der Waals surface area contributed by atoms with Crippen molar-refractivity contribution in [2.24, 2.45) is 5.84 Å². The van der Waals surface area contributed by atoms with E-state index in [0.717, 1.165) is 13.0 Å². The van der Waals surface area contributed by atoms with E-state index in [-0.39, 0.29) is 0 Å². The third-order valence-electron chi connectivity index (χ3n) is 1.79. The molecule has 0 saturated heterocycles. The third kappa shape index (κ3) is 4.57. The predicted octanol–water partition coefficient (Wildman–Crippen LogP) is 0.0927. The molecule has 0 aliphatic carbocycles. The van der Waals surface area contributed by atoms with E-state index in [2.05, 4.69) is 20.5 Å². The molecule has 15 heavy (non-hydrogen) atoms. The lowest BCUT2D eigenvalue weighted by molar-refractivity contribution is 0.271. The van der Waals surface area contributed by atoms with Gasteiger partial charge in [0.1, 0.15) is 0 Å². The fourth-order valence-corrected chi connectivity index (χ4v) is 1.03. The summed E-state index contributed by atoms with van der Waals surface area (Å²) >= 11 is 0. The Kier molecular flexibility index (Phi) is 4.79. The first-order chi connectivity index (χ1) is 7.22. The molecule has 0 atom stereocenters. The van der Waals surface area contributed by atoms with Crippen LogP contribution in [0.15, 0.2) is 12.1 Å². The van der Waals surface area contributed by atoms with Crippen molar-refractivity contribution in [3.8, 4) is 5.88 Å². The minimum absolute atomic E-state index is 0.521. The van der Waals surface area contributed by atoms with Gasteiger partial charge in [-0.1, -0.05) is 0 Å². The number of nitrogens with zero attached hydrogens (tertiary/aromatic N) is 3. The van der Waals surface area contributed by atoms with Crippen LogP contribution >= 0.6 is 0 Å². The topological polar surface area (TPSA) is 76.3 Å². The van der Waals surface area contributed by atoms with Crippen LogP contribution in [0.2, 0.25) is 0 Å². The standard InChI is InChI=1S/C9H17N5O/c1-14(2)6-3-7-15-9-5-4-8(11-10)12-13-9/h4-5H,3,6-7,10H2,1-2H3,(H,11,12). The van der Waals surface area contributed by atoms with Gasteiger partial charge in [-0.3, -0.25) is 0 Å². The van der Waals surface area contributed by atoms with E-state index in [1.54, 1.807) is 12.1 Å². The zero-order valence-corrected chi connectivity index (χ0v) is 9.10. The minimum Gasteiger partial charge on any atom is -0.477 e. The number of nitrogens with two attached hydrogens (primary N) is 1. The summed E-state index contributed by atoms with van der Waals surface area (Å²) in [6.45, 7) is 1.64. The van der Waals surface area contributed by atoms with Crippen molar-refractivity contribution in [1.29, 1.82) is 0 Å². The van der Waals surface area contributed by atoms with Crippen molar-refractivity contribution in [2.45, 2.75) is 6.42 Å². The maximum absolute atomic E-state index is 5.39. The molecule has 1 aromatic heterocycles. The highest BCUT2D eigenvalue weighted by molar-refractivity contribution is 5.32. The molecule has 0 amide bonds. The van der Waals surface area contributed by atoms with Gasteiger partial charge < -0.3 is 15.1 Å². The summed E-state index contributed by atoms with van der Waals surface area (Å²) in [7, 11) is 4.06. The van der Waals surface area contributed by atoms with E-state index < -0.39 is 0 Å². The molecular weight excluding hydrogens is 194 g/mol. The number of hydrogen-bond donors (Lipinski definition) is 2. The Hall–Kier alpha value is -1.40. The highest BCUT2D eigenvalue weighted by Crippen LogP contribution is 2.07. The van der Waals surface area contributed by atoms with Crippen LogP contribution in [0, 0.1) is 0 Å². The van der Waals surface area contributed by atoms with E-state index in [9.17, 15) is 0 Å². The average Bonchev–Trinajstić information content (AvgIpc) is 2.25. The van der Waals surface area contributed by atoms with Gasteiger partial charge in [-0.2, -0.15) is 0 Å². The average molecular weight is 211 g/mol. The smallest absolute Gasteiger partial charge is 0.233 e. The molecule has 3 N–H and O–H groups in total. The first-order valence-corrected chi connectivity index (χ1v) is 4.80. The van der Waals surface area contributed by atoms with Gasteiger partial charge in [-0.05, 0) is 26.6 Å². The molecule has 0 radical (unpaired) electrons. The number of hydrazine groups is 1. The second-order valence-electron chi connectivity index (χ2n) is 3.41. The fraction of sp³-hybridized carbons (Fsp3) is 0.556. The molecule has 6 heteroatoms. The second kappa shape index (κ2) is 6.15. The lowest BCUT2D eigenvalue weighted by atomic mass is 10.4. The largest absolute Gasteiger partial charge is 0.477 e. The van der Waals surface area contributed by atoms with Crippen molar-refractivity contribution in [1.82, 2.24) is 15.1 Å². The van der Waals surface area contributed by atoms with Crippen molar-refractivity contribution in [3.05, 3.63) is 12.1 Å². The summed E-state index contributed by atoms with van der Waals surface area (Å²) in [5, 5.41) is 7.63.